The Kier molecular flexibility index (Phi) is 6.18. The van der Waals surface area contributed by atoms with Gasteiger partial charge >= 0.3 is 0 Å². The van der Waals surface area contributed by atoms with Gasteiger partial charge in [-0.25, -0.2) is 0 Å². The predicted molar refractivity (Wildman–Crippen MR) is 126 cm³/mol. The Balaban J connectivity index is 1.52. The van der Waals surface area contributed by atoms with Gasteiger partial charge in [0, 0.05) is 16.6 Å². The number of nitrogens with one attached hydrogen (secondary N) is 1. The van der Waals surface area contributed by atoms with Crippen LogP contribution in [0, 0.1) is 0 Å². The molecule has 0 bridgehead atoms. The fourth-order valence-electron chi connectivity index (χ4n) is 3.29. The number of aromatic nitrogens is 1. The van der Waals surface area contributed by atoms with Crippen molar-refractivity contribution < 1.29 is 4.79 Å². The first-order chi connectivity index (χ1) is 14.5. The number of carbonyl (C=O) groups is 1. The van der Waals surface area contributed by atoms with Crippen LogP contribution < -0.4 is 5.32 Å². The maximum Gasteiger partial charge on any atom is 0.264 e. The molecule has 1 atom stereocenters. The highest BCUT2D eigenvalue weighted by molar-refractivity contribution is 8.18. The number of fused-ring (bicyclic) bond motifs is 1. The molecule has 1 aliphatic rings. The second-order valence-electron chi connectivity index (χ2n) is 7.17. The Hall–Kier alpha value is -2.67. The molecule has 152 valence electrons. The smallest absolute Gasteiger partial charge is 0.264 e. The van der Waals surface area contributed by atoms with E-state index in [0.717, 1.165) is 22.0 Å². The van der Waals surface area contributed by atoms with Gasteiger partial charge in [0.05, 0.1) is 23.0 Å². The molecule has 0 radical (unpaired) electrons. The van der Waals surface area contributed by atoms with Crippen molar-refractivity contribution in [2.24, 2.45) is 4.99 Å². The molecule has 1 aliphatic heterocycles. The van der Waals surface area contributed by atoms with Crippen LogP contribution in [-0.2, 0) is 4.79 Å². The molecule has 1 saturated heterocycles. The van der Waals surface area contributed by atoms with E-state index in [1.54, 1.807) is 6.20 Å². The van der Waals surface area contributed by atoms with E-state index in [-0.39, 0.29) is 11.9 Å². The zero-order valence-electron chi connectivity index (χ0n) is 16.7. The molecule has 1 aromatic heterocycles. The fourth-order valence-corrected chi connectivity index (χ4v) is 4.38. The molecule has 2 aromatic carbocycles. The summed E-state index contributed by atoms with van der Waals surface area (Å²) in [6.45, 7) is 0.494. The SMILES string of the molecule is CN(C)C(CN=C1NC(=O)/C(=C/c2ccc3ncccc3c2)S1)c1ccccc1Cl. The van der Waals surface area contributed by atoms with Gasteiger partial charge in [-0.1, -0.05) is 41.9 Å². The van der Waals surface area contributed by atoms with Crippen molar-refractivity contribution in [3.05, 3.63) is 81.8 Å². The summed E-state index contributed by atoms with van der Waals surface area (Å²) in [6.07, 6.45) is 3.65. The highest BCUT2D eigenvalue weighted by Gasteiger charge is 2.25. The average molecular weight is 437 g/mol. The van der Waals surface area contributed by atoms with Crippen LogP contribution in [0.4, 0.5) is 0 Å². The lowest BCUT2D eigenvalue weighted by molar-refractivity contribution is -0.115. The van der Waals surface area contributed by atoms with Gasteiger partial charge in [0.1, 0.15) is 0 Å². The van der Waals surface area contributed by atoms with Gasteiger partial charge in [-0.3, -0.25) is 14.8 Å². The number of amides is 1. The molecule has 2 heterocycles. The lowest BCUT2D eigenvalue weighted by Gasteiger charge is -2.24. The zero-order valence-corrected chi connectivity index (χ0v) is 18.2. The van der Waals surface area contributed by atoms with E-state index in [0.29, 0.717) is 21.6 Å². The molecule has 3 aromatic rings. The highest BCUT2D eigenvalue weighted by atomic mass is 35.5. The third kappa shape index (κ3) is 4.56. The van der Waals surface area contributed by atoms with Crippen LogP contribution in [0.3, 0.4) is 0 Å². The van der Waals surface area contributed by atoms with Gasteiger partial charge in [0.2, 0.25) is 0 Å². The molecular weight excluding hydrogens is 416 g/mol. The molecule has 4 rings (SSSR count). The summed E-state index contributed by atoms with van der Waals surface area (Å²) in [6, 6.07) is 17.7. The van der Waals surface area contributed by atoms with Crippen LogP contribution in [0.5, 0.6) is 0 Å². The summed E-state index contributed by atoms with van der Waals surface area (Å²) in [4.78, 5) is 24.1. The topological polar surface area (TPSA) is 57.6 Å². The van der Waals surface area contributed by atoms with Crippen molar-refractivity contribution in [3.63, 3.8) is 0 Å². The second-order valence-corrected chi connectivity index (χ2v) is 8.60. The van der Waals surface area contributed by atoms with E-state index < -0.39 is 0 Å². The van der Waals surface area contributed by atoms with Gasteiger partial charge in [-0.2, -0.15) is 0 Å². The first-order valence-electron chi connectivity index (χ1n) is 9.52. The minimum absolute atomic E-state index is 0.0183. The third-order valence-corrected chi connectivity index (χ3v) is 6.16. The normalized spacial score (nSPS) is 17.8. The molecule has 0 spiro atoms. The molecule has 1 amide bonds. The van der Waals surface area contributed by atoms with Gasteiger partial charge < -0.3 is 10.2 Å². The van der Waals surface area contributed by atoms with Crippen molar-refractivity contribution >= 4 is 51.4 Å². The van der Waals surface area contributed by atoms with Crippen molar-refractivity contribution in [1.82, 2.24) is 15.2 Å². The standard InChI is InChI=1S/C23H21ClN4OS/c1-28(2)20(17-7-3-4-8-18(17)24)14-26-23-27-22(29)21(30-23)13-15-9-10-19-16(12-15)6-5-11-25-19/h3-13,20H,14H2,1-2H3,(H,26,27,29)/b21-13-. The molecule has 1 N–H and O–H groups in total. The Bertz CT molecular complexity index is 1160. The summed E-state index contributed by atoms with van der Waals surface area (Å²) in [7, 11) is 3.99. The van der Waals surface area contributed by atoms with E-state index >= 15 is 0 Å². The van der Waals surface area contributed by atoms with Gasteiger partial charge in [-0.05, 0) is 67.3 Å². The van der Waals surface area contributed by atoms with Crippen LogP contribution in [0.2, 0.25) is 5.02 Å². The maximum absolute atomic E-state index is 12.4. The Morgan fingerprint density at radius 1 is 1.20 bits per heavy atom. The monoisotopic (exact) mass is 436 g/mol. The summed E-state index contributed by atoms with van der Waals surface area (Å²) in [5.74, 6) is -0.135. The van der Waals surface area contributed by atoms with E-state index in [1.165, 1.54) is 11.8 Å². The average Bonchev–Trinajstić information content (AvgIpc) is 3.08. The molecule has 1 fully saturated rings. The fraction of sp³-hybridized carbons (Fsp3) is 0.174. The highest BCUT2D eigenvalue weighted by Crippen LogP contribution is 2.29. The summed E-state index contributed by atoms with van der Waals surface area (Å²) < 4.78 is 0. The molecule has 7 heteroatoms. The first kappa shape index (κ1) is 20.6. The number of amidine groups is 1. The van der Waals surface area contributed by atoms with Gasteiger partial charge in [0.15, 0.2) is 5.17 Å². The summed E-state index contributed by atoms with van der Waals surface area (Å²) >= 11 is 7.73. The number of carbonyl (C=O) groups excluding carboxylic acids is 1. The number of benzene rings is 2. The van der Waals surface area contributed by atoms with E-state index in [9.17, 15) is 4.79 Å². The minimum Gasteiger partial charge on any atom is -0.301 e. The number of likely N-dealkylation sites (N-methyl/N-ethyl adjacent to an activating group) is 1. The molecule has 30 heavy (non-hydrogen) atoms. The molecule has 0 aliphatic carbocycles. The number of pyridine rings is 1. The van der Waals surface area contributed by atoms with Gasteiger partial charge in [-0.15, -0.1) is 0 Å². The first-order valence-corrected chi connectivity index (χ1v) is 10.7. The largest absolute Gasteiger partial charge is 0.301 e. The molecule has 5 nitrogen and oxygen atoms in total. The second kappa shape index (κ2) is 9.00. The third-order valence-electron chi connectivity index (χ3n) is 4.87. The van der Waals surface area contributed by atoms with Crippen LogP contribution in [0.1, 0.15) is 17.2 Å². The number of nitrogens with zero attached hydrogens (tertiary/aromatic N) is 3. The van der Waals surface area contributed by atoms with E-state index in [4.69, 9.17) is 11.6 Å². The van der Waals surface area contributed by atoms with Crippen LogP contribution in [0.25, 0.3) is 17.0 Å². The van der Waals surface area contributed by atoms with Crippen molar-refractivity contribution in [1.29, 1.82) is 0 Å². The van der Waals surface area contributed by atoms with Crippen LogP contribution >= 0.6 is 23.4 Å². The summed E-state index contributed by atoms with van der Waals surface area (Å²) in [5, 5.41) is 5.22. The van der Waals surface area contributed by atoms with Crippen molar-refractivity contribution in [2.75, 3.05) is 20.6 Å². The number of hydrogen-bond donors (Lipinski definition) is 1. The van der Waals surface area contributed by atoms with Crippen LogP contribution in [-0.4, -0.2) is 41.6 Å². The quantitative estimate of drug-likeness (QED) is 0.586. The predicted octanol–water partition coefficient (Wildman–Crippen LogP) is 4.75. The lowest BCUT2D eigenvalue weighted by atomic mass is 10.1. The number of hydrogen-bond acceptors (Lipinski definition) is 5. The summed E-state index contributed by atoms with van der Waals surface area (Å²) in [5.41, 5.74) is 2.90. The molecule has 1 unspecified atom stereocenters. The Morgan fingerprint density at radius 2 is 2.03 bits per heavy atom. The van der Waals surface area contributed by atoms with Crippen molar-refractivity contribution in [2.45, 2.75) is 6.04 Å². The van der Waals surface area contributed by atoms with Crippen LogP contribution in [0.15, 0.2) is 70.7 Å². The van der Waals surface area contributed by atoms with Crippen molar-refractivity contribution in [3.8, 4) is 0 Å². The minimum atomic E-state index is -0.135. The zero-order chi connectivity index (χ0) is 21.1. The van der Waals surface area contributed by atoms with E-state index in [1.807, 2.05) is 74.8 Å². The molecule has 0 saturated carbocycles. The Morgan fingerprint density at radius 3 is 2.83 bits per heavy atom. The number of rotatable bonds is 5. The Labute approximate surface area is 184 Å². The van der Waals surface area contributed by atoms with Gasteiger partial charge in [0.25, 0.3) is 5.91 Å². The molecular formula is C23H21ClN4OS. The lowest BCUT2D eigenvalue weighted by Crippen LogP contribution is -2.25. The number of aliphatic imine (C=N–C) groups is 1. The number of thioether (sulfide) groups is 1. The maximum atomic E-state index is 12.4. The van der Waals surface area contributed by atoms with E-state index in [2.05, 4.69) is 20.2 Å². The number of halogens is 1.